The Kier molecular flexibility index (Phi) is 3.50. The van der Waals surface area contributed by atoms with Crippen LogP contribution < -0.4 is 5.32 Å². The fraction of sp³-hybridized carbons (Fsp3) is 0.333. The maximum atomic E-state index is 10.1. The summed E-state index contributed by atoms with van der Waals surface area (Å²) in [5, 5.41) is 23.3. The molecule has 0 saturated heterocycles. The third-order valence-electron chi connectivity index (χ3n) is 4.41. The lowest BCUT2D eigenvalue weighted by Crippen LogP contribution is -2.17. The number of rotatable bonds is 2. The Morgan fingerprint density at radius 3 is 2.71 bits per heavy atom. The normalized spacial score (nSPS) is 17.3. The first-order valence-electron chi connectivity index (χ1n) is 7.44. The van der Waals surface area contributed by atoms with Crippen LogP contribution in [-0.2, 0) is 6.42 Å². The molecule has 0 heterocycles. The summed E-state index contributed by atoms with van der Waals surface area (Å²) in [6, 6.07) is 9.75. The maximum absolute atomic E-state index is 10.1. The molecule has 2 aromatic carbocycles. The van der Waals surface area contributed by atoms with Gasteiger partial charge in [0.1, 0.15) is 11.5 Å². The highest BCUT2D eigenvalue weighted by atomic mass is 16.3. The van der Waals surface area contributed by atoms with Crippen LogP contribution >= 0.6 is 0 Å². The highest BCUT2D eigenvalue weighted by molar-refractivity contribution is 5.60. The minimum Gasteiger partial charge on any atom is -0.508 e. The molecule has 3 rings (SSSR count). The van der Waals surface area contributed by atoms with Crippen molar-refractivity contribution in [1.29, 1.82) is 0 Å². The highest BCUT2D eigenvalue weighted by Gasteiger charge is 2.21. The van der Waals surface area contributed by atoms with E-state index in [0.717, 1.165) is 36.1 Å². The van der Waals surface area contributed by atoms with E-state index in [1.165, 1.54) is 11.1 Å². The van der Waals surface area contributed by atoms with Gasteiger partial charge in [-0.3, -0.25) is 0 Å². The van der Waals surface area contributed by atoms with E-state index < -0.39 is 0 Å². The summed E-state index contributed by atoms with van der Waals surface area (Å²) in [5.41, 5.74) is 5.19. The number of benzene rings is 2. The van der Waals surface area contributed by atoms with E-state index in [4.69, 9.17) is 0 Å². The molecule has 0 bridgehead atoms. The molecule has 1 aliphatic carbocycles. The van der Waals surface area contributed by atoms with Gasteiger partial charge in [-0.05, 0) is 68.0 Å². The van der Waals surface area contributed by atoms with E-state index >= 15 is 0 Å². The predicted octanol–water partition coefficient (Wildman–Crippen LogP) is 4.20. The molecule has 1 atom stereocenters. The molecule has 0 amide bonds. The number of aromatic hydroxyl groups is 2. The Labute approximate surface area is 125 Å². The molecular formula is C18H21NO2. The molecule has 0 aliphatic heterocycles. The number of anilines is 1. The Bertz CT molecular complexity index is 679. The Balaban J connectivity index is 1.94. The monoisotopic (exact) mass is 283 g/mol. The third-order valence-corrected chi connectivity index (χ3v) is 4.41. The molecule has 0 saturated carbocycles. The van der Waals surface area contributed by atoms with Gasteiger partial charge in [-0.2, -0.15) is 0 Å². The van der Waals surface area contributed by atoms with Crippen molar-refractivity contribution in [1.82, 2.24) is 0 Å². The molecule has 110 valence electrons. The summed E-state index contributed by atoms with van der Waals surface area (Å²) in [6.45, 7) is 3.83. The zero-order chi connectivity index (χ0) is 15.0. The molecule has 0 spiro atoms. The lowest BCUT2D eigenvalue weighted by atomic mass is 9.87. The number of phenols is 2. The molecule has 1 unspecified atom stereocenters. The average Bonchev–Trinajstić information content (AvgIpc) is 2.48. The number of hydrogen-bond acceptors (Lipinski definition) is 3. The van der Waals surface area contributed by atoms with Gasteiger partial charge in [-0.15, -0.1) is 0 Å². The quantitative estimate of drug-likeness (QED) is 0.774. The Morgan fingerprint density at radius 1 is 1.10 bits per heavy atom. The summed E-state index contributed by atoms with van der Waals surface area (Å²) in [6.07, 6.45) is 3.22. The van der Waals surface area contributed by atoms with Crippen LogP contribution in [0.5, 0.6) is 11.5 Å². The van der Waals surface area contributed by atoms with Crippen LogP contribution in [0.4, 0.5) is 5.69 Å². The molecule has 2 aromatic rings. The van der Waals surface area contributed by atoms with Gasteiger partial charge in [0.15, 0.2) is 0 Å². The van der Waals surface area contributed by atoms with Crippen LogP contribution in [0.1, 0.15) is 41.1 Å². The summed E-state index contributed by atoms with van der Waals surface area (Å²) in [5.74, 6) is 0.665. The molecule has 0 radical (unpaired) electrons. The van der Waals surface area contributed by atoms with Gasteiger partial charge in [-0.25, -0.2) is 0 Å². The van der Waals surface area contributed by atoms with E-state index in [1.54, 1.807) is 6.07 Å². The van der Waals surface area contributed by atoms with E-state index in [1.807, 2.05) is 38.1 Å². The summed E-state index contributed by atoms with van der Waals surface area (Å²) >= 11 is 0. The van der Waals surface area contributed by atoms with Crippen molar-refractivity contribution in [2.45, 2.75) is 39.2 Å². The largest absolute Gasteiger partial charge is 0.508 e. The molecule has 0 fully saturated rings. The highest BCUT2D eigenvalue weighted by Crippen LogP contribution is 2.37. The van der Waals surface area contributed by atoms with Gasteiger partial charge in [0.2, 0.25) is 0 Å². The van der Waals surface area contributed by atoms with Crippen molar-refractivity contribution in [3.05, 3.63) is 52.6 Å². The first-order chi connectivity index (χ1) is 10.1. The standard InChI is InChI=1S/C18H21NO2/c1-11-6-9-16(12(2)18(11)21)19-17-5-3-4-13-7-8-14(20)10-15(13)17/h6-10,17,19-21H,3-5H2,1-2H3. The van der Waals surface area contributed by atoms with E-state index in [-0.39, 0.29) is 6.04 Å². The maximum Gasteiger partial charge on any atom is 0.123 e. The molecule has 3 N–H and O–H groups in total. The van der Waals surface area contributed by atoms with Crippen molar-refractivity contribution >= 4 is 5.69 Å². The lowest BCUT2D eigenvalue weighted by molar-refractivity contribution is 0.466. The zero-order valence-corrected chi connectivity index (χ0v) is 12.5. The second-order valence-corrected chi connectivity index (χ2v) is 5.88. The van der Waals surface area contributed by atoms with E-state index in [0.29, 0.717) is 11.5 Å². The van der Waals surface area contributed by atoms with Crippen molar-refractivity contribution < 1.29 is 10.2 Å². The molecule has 1 aliphatic rings. The van der Waals surface area contributed by atoms with E-state index in [2.05, 4.69) is 5.32 Å². The molecule has 3 nitrogen and oxygen atoms in total. The zero-order valence-electron chi connectivity index (χ0n) is 12.5. The van der Waals surface area contributed by atoms with Gasteiger partial charge >= 0.3 is 0 Å². The van der Waals surface area contributed by atoms with Gasteiger partial charge in [-0.1, -0.05) is 12.1 Å². The number of nitrogens with one attached hydrogen (secondary N) is 1. The fourth-order valence-electron chi connectivity index (χ4n) is 3.12. The van der Waals surface area contributed by atoms with Crippen LogP contribution in [-0.4, -0.2) is 10.2 Å². The van der Waals surface area contributed by atoms with Crippen LogP contribution in [0.2, 0.25) is 0 Å². The van der Waals surface area contributed by atoms with Crippen LogP contribution in [0.25, 0.3) is 0 Å². The minimum absolute atomic E-state index is 0.182. The van der Waals surface area contributed by atoms with Gasteiger partial charge in [0.25, 0.3) is 0 Å². The number of aryl methyl sites for hydroxylation is 2. The number of hydrogen-bond donors (Lipinski definition) is 3. The third kappa shape index (κ3) is 2.56. The number of phenolic OH excluding ortho intramolecular Hbond substituents is 2. The molecule has 3 heteroatoms. The molecular weight excluding hydrogens is 262 g/mol. The van der Waals surface area contributed by atoms with E-state index in [9.17, 15) is 10.2 Å². The number of fused-ring (bicyclic) bond motifs is 1. The van der Waals surface area contributed by atoms with Crippen LogP contribution in [0.15, 0.2) is 30.3 Å². The fourth-order valence-corrected chi connectivity index (χ4v) is 3.12. The van der Waals surface area contributed by atoms with Crippen molar-refractivity contribution in [3.63, 3.8) is 0 Å². The smallest absolute Gasteiger partial charge is 0.123 e. The first-order valence-corrected chi connectivity index (χ1v) is 7.44. The Hall–Kier alpha value is -2.16. The minimum atomic E-state index is 0.182. The Morgan fingerprint density at radius 2 is 1.90 bits per heavy atom. The average molecular weight is 283 g/mol. The summed E-state index contributed by atoms with van der Waals surface area (Å²) in [7, 11) is 0. The van der Waals surface area contributed by atoms with Crippen molar-refractivity contribution in [2.24, 2.45) is 0 Å². The van der Waals surface area contributed by atoms with Crippen molar-refractivity contribution in [3.8, 4) is 11.5 Å². The first kappa shape index (κ1) is 13.8. The molecule has 21 heavy (non-hydrogen) atoms. The van der Waals surface area contributed by atoms with Crippen LogP contribution in [0.3, 0.4) is 0 Å². The summed E-state index contributed by atoms with van der Waals surface area (Å²) < 4.78 is 0. The van der Waals surface area contributed by atoms with Gasteiger partial charge in [0.05, 0.1) is 6.04 Å². The molecule has 0 aromatic heterocycles. The van der Waals surface area contributed by atoms with Crippen LogP contribution in [0, 0.1) is 13.8 Å². The van der Waals surface area contributed by atoms with Gasteiger partial charge in [0, 0.05) is 11.3 Å². The predicted molar refractivity (Wildman–Crippen MR) is 85.0 cm³/mol. The van der Waals surface area contributed by atoms with Gasteiger partial charge < -0.3 is 15.5 Å². The summed E-state index contributed by atoms with van der Waals surface area (Å²) in [4.78, 5) is 0. The second kappa shape index (κ2) is 5.32. The van der Waals surface area contributed by atoms with Crippen molar-refractivity contribution in [2.75, 3.05) is 5.32 Å². The second-order valence-electron chi connectivity index (χ2n) is 5.88. The SMILES string of the molecule is Cc1ccc(NC2CCCc3ccc(O)cc32)c(C)c1O. The lowest BCUT2D eigenvalue weighted by Gasteiger charge is -2.28. The topological polar surface area (TPSA) is 52.5 Å².